The molecule has 0 unspecified atom stereocenters. The summed E-state index contributed by atoms with van der Waals surface area (Å²) < 4.78 is 0. The first-order valence-corrected chi connectivity index (χ1v) is 5.79. The molecule has 0 atom stereocenters. The largest absolute Gasteiger partial charge is 0.350 e. The molecule has 2 N–H and O–H groups in total. The minimum Gasteiger partial charge on any atom is -0.350 e. The molecule has 2 heterocycles. The maximum Gasteiger partial charge on any atom is 0.271 e. The van der Waals surface area contributed by atoms with Gasteiger partial charge in [0.1, 0.15) is 5.69 Å². The van der Waals surface area contributed by atoms with Crippen molar-refractivity contribution in [1.82, 2.24) is 20.6 Å². The maximum atomic E-state index is 11.6. The summed E-state index contributed by atoms with van der Waals surface area (Å²) in [5.74, 6) is -0.160. The summed E-state index contributed by atoms with van der Waals surface area (Å²) in [5.41, 5.74) is 1.77. The lowest BCUT2D eigenvalue weighted by Gasteiger charge is -2.13. The molecule has 5 heteroatoms. The Balaban J connectivity index is 1.75. The van der Waals surface area contributed by atoms with Crippen LogP contribution in [0.1, 0.15) is 23.3 Å². The fraction of sp³-hybridized carbons (Fsp3) is 0.417. The molecule has 17 heavy (non-hydrogen) atoms. The molecule has 1 aliphatic rings. The molecule has 1 aromatic rings. The van der Waals surface area contributed by atoms with E-state index in [0.717, 1.165) is 25.9 Å². The summed E-state index contributed by atoms with van der Waals surface area (Å²) in [6.07, 6.45) is 8.71. The lowest BCUT2D eigenvalue weighted by atomic mass is 10.1. The molecule has 5 nitrogen and oxygen atoms in total. The van der Waals surface area contributed by atoms with E-state index in [2.05, 4.69) is 26.7 Å². The van der Waals surface area contributed by atoms with Gasteiger partial charge in [-0.05, 0) is 19.4 Å². The molecule has 0 radical (unpaired) electrons. The number of aromatic nitrogens is 2. The highest BCUT2D eigenvalue weighted by molar-refractivity contribution is 5.91. The number of amides is 1. The Kier molecular flexibility index (Phi) is 4.21. The topological polar surface area (TPSA) is 66.9 Å². The van der Waals surface area contributed by atoms with Crippen molar-refractivity contribution >= 4 is 5.91 Å². The quantitative estimate of drug-likeness (QED) is 0.743. The molecular weight excluding hydrogens is 216 g/mol. The second kappa shape index (κ2) is 6.10. The zero-order valence-electron chi connectivity index (χ0n) is 9.65. The second-order valence-electron chi connectivity index (χ2n) is 3.91. The number of rotatable bonds is 4. The van der Waals surface area contributed by atoms with E-state index in [9.17, 15) is 4.79 Å². The van der Waals surface area contributed by atoms with Crippen LogP contribution >= 0.6 is 0 Å². The Morgan fingerprint density at radius 1 is 1.47 bits per heavy atom. The van der Waals surface area contributed by atoms with E-state index >= 15 is 0 Å². The second-order valence-corrected chi connectivity index (χ2v) is 3.91. The van der Waals surface area contributed by atoms with Crippen molar-refractivity contribution < 1.29 is 4.79 Å². The van der Waals surface area contributed by atoms with Gasteiger partial charge in [-0.2, -0.15) is 0 Å². The third-order valence-electron chi connectivity index (χ3n) is 2.69. The summed E-state index contributed by atoms with van der Waals surface area (Å²) in [6.45, 7) is 2.62. The Labute approximate surface area is 100 Å². The van der Waals surface area contributed by atoms with Crippen LogP contribution in [0.2, 0.25) is 0 Å². The van der Waals surface area contributed by atoms with E-state index in [1.807, 2.05) is 0 Å². The predicted octanol–water partition coefficient (Wildman–Crippen LogP) is 0.516. The van der Waals surface area contributed by atoms with Gasteiger partial charge in [-0.25, -0.2) is 4.98 Å². The van der Waals surface area contributed by atoms with Crippen LogP contribution in [-0.2, 0) is 0 Å². The van der Waals surface area contributed by atoms with Gasteiger partial charge < -0.3 is 10.6 Å². The molecule has 1 aliphatic heterocycles. The standard InChI is InChI=1S/C12H16N4O/c17-12(11-9-14-7-8-15-11)16-6-3-10-1-4-13-5-2-10/h1,7-9,13H,2-6H2,(H,16,17). The number of nitrogens with zero attached hydrogens (tertiary/aromatic N) is 2. The van der Waals surface area contributed by atoms with Crippen molar-refractivity contribution in [1.29, 1.82) is 0 Å². The first-order valence-electron chi connectivity index (χ1n) is 5.79. The molecule has 0 fully saturated rings. The lowest BCUT2D eigenvalue weighted by Crippen LogP contribution is -2.27. The van der Waals surface area contributed by atoms with Gasteiger partial charge in [0, 0.05) is 25.5 Å². The minimum absolute atomic E-state index is 0.160. The molecule has 0 saturated heterocycles. The summed E-state index contributed by atoms with van der Waals surface area (Å²) in [4.78, 5) is 19.4. The summed E-state index contributed by atoms with van der Waals surface area (Å²) in [6, 6.07) is 0. The van der Waals surface area contributed by atoms with Gasteiger partial charge in [-0.3, -0.25) is 9.78 Å². The Bertz CT molecular complexity index is 402. The number of hydrogen-bond donors (Lipinski definition) is 2. The highest BCUT2D eigenvalue weighted by atomic mass is 16.1. The molecule has 0 bridgehead atoms. The van der Waals surface area contributed by atoms with E-state index in [0.29, 0.717) is 12.2 Å². The molecule has 2 rings (SSSR count). The first kappa shape index (κ1) is 11.7. The van der Waals surface area contributed by atoms with Gasteiger partial charge in [0.05, 0.1) is 6.20 Å². The van der Waals surface area contributed by atoms with Crippen molar-refractivity contribution in [3.05, 3.63) is 35.9 Å². The third-order valence-corrected chi connectivity index (χ3v) is 2.69. The summed E-state index contributed by atoms with van der Waals surface area (Å²) in [7, 11) is 0. The van der Waals surface area contributed by atoms with Gasteiger partial charge >= 0.3 is 0 Å². The van der Waals surface area contributed by atoms with Crippen LogP contribution < -0.4 is 10.6 Å². The van der Waals surface area contributed by atoms with Gasteiger partial charge in [-0.1, -0.05) is 11.6 Å². The molecule has 0 spiro atoms. The Morgan fingerprint density at radius 3 is 3.12 bits per heavy atom. The van der Waals surface area contributed by atoms with Crippen LogP contribution in [0, 0.1) is 0 Å². The van der Waals surface area contributed by atoms with Crippen LogP contribution in [0.15, 0.2) is 30.2 Å². The SMILES string of the molecule is O=C(NCCC1=CCNCC1)c1cnccn1. The molecule has 0 aliphatic carbocycles. The van der Waals surface area contributed by atoms with Crippen molar-refractivity contribution in [3.63, 3.8) is 0 Å². The fourth-order valence-corrected chi connectivity index (χ4v) is 1.74. The monoisotopic (exact) mass is 232 g/mol. The maximum absolute atomic E-state index is 11.6. The van der Waals surface area contributed by atoms with E-state index in [1.54, 1.807) is 6.20 Å². The Hall–Kier alpha value is -1.75. The average Bonchev–Trinajstić information content (AvgIpc) is 2.41. The Morgan fingerprint density at radius 2 is 2.41 bits per heavy atom. The fourth-order valence-electron chi connectivity index (χ4n) is 1.74. The van der Waals surface area contributed by atoms with Crippen LogP contribution in [-0.4, -0.2) is 35.5 Å². The molecular formula is C12H16N4O. The first-order chi connectivity index (χ1) is 8.36. The molecule has 1 aromatic heterocycles. The molecule has 0 saturated carbocycles. The van der Waals surface area contributed by atoms with Gasteiger partial charge in [0.2, 0.25) is 0 Å². The lowest BCUT2D eigenvalue weighted by molar-refractivity contribution is 0.0948. The van der Waals surface area contributed by atoms with Crippen LogP contribution in [0.5, 0.6) is 0 Å². The van der Waals surface area contributed by atoms with Crippen LogP contribution in [0.4, 0.5) is 0 Å². The van der Waals surface area contributed by atoms with E-state index in [1.165, 1.54) is 18.0 Å². The van der Waals surface area contributed by atoms with Gasteiger partial charge in [-0.15, -0.1) is 0 Å². The zero-order valence-corrected chi connectivity index (χ0v) is 9.65. The van der Waals surface area contributed by atoms with Crippen molar-refractivity contribution in [2.75, 3.05) is 19.6 Å². The van der Waals surface area contributed by atoms with Gasteiger partial charge in [0.25, 0.3) is 5.91 Å². The smallest absolute Gasteiger partial charge is 0.271 e. The van der Waals surface area contributed by atoms with Crippen molar-refractivity contribution in [2.45, 2.75) is 12.8 Å². The van der Waals surface area contributed by atoms with Crippen molar-refractivity contribution in [2.24, 2.45) is 0 Å². The van der Waals surface area contributed by atoms with Crippen LogP contribution in [0.25, 0.3) is 0 Å². The highest BCUT2D eigenvalue weighted by Crippen LogP contribution is 2.07. The zero-order chi connectivity index (χ0) is 11.9. The van der Waals surface area contributed by atoms with Crippen molar-refractivity contribution in [3.8, 4) is 0 Å². The van der Waals surface area contributed by atoms with Gasteiger partial charge in [0.15, 0.2) is 0 Å². The number of carbonyl (C=O) groups excluding carboxylic acids is 1. The van der Waals surface area contributed by atoms with E-state index in [-0.39, 0.29) is 5.91 Å². The summed E-state index contributed by atoms with van der Waals surface area (Å²) >= 11 is 0. The average molecular weight is 232 g/mol. The van der Waals surface area contributed by atoms with E-state index < -0.39 is 0 Å². The summed E-state index contributed by atoms with van der Waals surface area (Å²) in [5, 5.41) is 6.10. The molecule has 1 amide bonds. The third kappa shape index (κ3) is 3.64. The number of carbonyl (C=O) groups is 1. The number of hydrogen-bond acceptors (Lipinski definition) is 4. The van der Waals surface area contributed by atoms with Crippen LogP contribution in [0.3, 0.4) is 0 Å². The minimum atomic E-state index is -0.160. The predicted molar refractivity (Wildman–Crippen MR) is 64.6 cm³/mol. The molecule has 90 valence electrons. The van der Waals surface area contributed by atoms with E-state index in [4.69, 9.17) is 0 Å². The highest BCUT2D eigenvalue weighted by Gasteiger charge is 2.07. The normalized spacial score (nSPS) is 15.2. The number of nitrogens with one attached hydrogen (secondary N) is 2. The molecule has 0 aromatic carbocycles.